The maximum absolute atomic E-state index is 11.9. The number of rotatable bonds is 7. The summed E-state index contributed by atoms with van der Waals surface area (Å²) in [5.41, 5.74) is 1.37. The highest BCUT2D eigenvalue weighted by atomic mass is 32.1. The number of benzene rings is 1. The standard InChI is InChI=1S/C17H14N2O7S/c1-23-12-4-3-10(7-14(12)24-2)16-18-11(9-27-16)8-25-17(20)13-5-6-15(26-13)19(21)22/h3-7,9H,8H2,1-2H3. The number of furan rings is 1. The average molecular weight is 390 g/mol. The molecule has 1 aromatic carbocycles. The van der Waals surface area contributed by atoms with E-state index in [1.54, 1.807) is 31.7 Å². The zero-order valence-corrected chi connectivity index (χ0v) is 15.1. The largest absolute Gasteiger partial charge is 0.493 e. The van der Waals surface area contributed by atoms with Gasteiger partial charge in [-0.2, -0.15) is 0 Å². The fraction of sp³-hybridized carbons (Fsp3) is 0.176. The molecule has 0 amide bonds. The first-order valence-corrected chi connectivity index (χ1v) is 8.48. The van der Waals surface area contributed by atoms with Crippen LogP contribution in [0.3, 0.4) is 0 Å². The van der Waals surface area contributed by atoms with Crippen LogP contribution in [0.15, 0.2) is 40.1 Å². The van der Waals surface area contributed by atoms with Gasteiger partial charge in [0.25, 0.3) is 0 Å². The second kappa shape index (κ2) is 7.87. The number of carbonyl (C=O) groups is 1. The number of esters is 1. The van der Waals surface area contributed by atoms with Crippen LogP contribution in [0.4, 0.5) is 5.88 Å². The van der Waals surface area contributed by atoms with Crippen LogP contribution in [0, 0.1) is 10.1 Å². The molecule has 0 N–H and O–H groups in total. The summed E-state index contributed by atoms with van der Waals surface area (Å²) < 4.78 is 20.4. The van der Waals surface area contributed by atoms with E-state index >= 15 is 0 Å². The normalized spacial score (nSPS) is 10.4. The summed E-state index contributed by atoms with van der Waals surface area (Å²) in [6, 6.07) is 7.71. The molecule has 0 saturated heterocycles. The van der Waals surface area contributed by atoms with Gasteiger partial charge >= 0.3 is 11.9 Å². The number of ether oxygens (including phenoxy) is 3. The summed E-state index contributed by atoms with van der Waals surface area (Å²) in [6.45, 7) is -0.0862. The first-order chi connectivity index (χ1) is 13.0. The van der Waals surface area contributed by atoms with Gasteiger partial charge in [-0.3, -0.25) is 10.1 Å². The Bertz CT molecular complexity index is 979. The number of aromatic nitrogens is 1. The second-order valence-electron chi connectivity index (χ2n) is 5.18. The highest BCUT2D eigenvalue weighted by Gasteiger charge is 2.19. The summed E-state index contributed by atoms with van der Waals surface area (Å²) in [5, 5.41) is 13.0. The van der Waals surface area contributed by atoms with Crippen molar-refractivity contribution in [1.82, 2.24) is 4.98 Å². The molecule has 2 heterocycles. The molecule has 0 saturated carbocycles. The number of carbonyl (C=O) groups excluding carboxylic acids is 1. The zero-order valence-electron chi connectivity index (χ0n) is 14.3. The van der Waals surface area contributed by atoms with Gasteiger partial charge < -0.3 is 18.6 Å². The van der Waals surface area contributed by atoms with E-state index in [1.807, 2.05) is 6.07 Å². The molecule has 0 atom stereocenters. The van der Waals surface area contributed by atoms with E-state index in [1.165, 1.54) is 17.4 Å². The summed E-state index contributed by atoms with van der Waals surface area (Å²) in [7, 11) is 3.11. The molecule has 0 aliphatic heterocycles. The lowest BCUT2D eigenvalue weighted by Gasteiger charge is -2.08. The van der Waals surface area contributed by atoms with E-state index in [-0.39, 0.29) is 12.4 Å². The third-order valence-corrected chi connectivity index (χ3v) is 4.45. The van der Waals surface area contributed by atoms with Crippen molar-refractivity contribution >= 4 is 23.2 Å². The summed E-state index contributed by atoms with van der Waals surface area (Å²) in [6.07, 6.45) is 0. The second-order valence-corrected chi connectivity index (χ2v) is 6.04. The van der Waals surface area contributed by atoms with E-state index in [2.05, 4.69) is 4.98 Å². The van der Waals surface area contributed by atoms with Gasteiger partial charge in [-0.25, -0.2) is 9.78 Å². The molecule has 27 heavy (non-hydrogen) atoms. The van der Waals surface area contributed by atoms with Gasteiger partial charge in [0.2, 0.25) is 5.76 Å². The highest BCUT2D eigenvalue weighted by Crippen LogP contribution is 2.33. The Morgan fingerprint density at radius 1 is 1.22 bits per heavy atom. The van der Waals surface area contributed by atoms with Crippen molar-refractivity contribution in [1.29, 1.82) is 0 Å². The molecule has 140 valence electrons. The van der Waals surface area contributed by atoms with E-state index in [0.717, 1.165) is 16.6 Å². The maximum Gasteiger partial charge on any atom is 0.433 e. The van der Waals surface area contributed by atoms with Crippen LogP contribution in [0.25, 0.3) is 10.6 Å². The van der Waals surface area contributed by atoms with Gasteiger partial charge in [0.1, 0.15) is 16.5 Å². The van der Waals surface area contributed by atoms with Crippen LogP contribution in [-0.4, -0.2) is 30.1 Å². The van der Waals surface area contributed by atoms with Crippen LogP contribution in [-0.2, 0) is 11.3 Å². The summed E-state index contributed by atoms with van der Waals surface area (Å²) >= 11 is 1.38. The highest BCUT2D eigenvalue weighted by molar-refractivity contribution is 7.13. The van der Waals surface area contributed by atoms with Crippen molar-refractivity contribution in [3.8, 4) is 22.1 Å². The number of hydrogen-bond donors (Lipinski definition) is 0. The van der Waals surface area contributed by atoms with Crippen molar-refractivity contribution < 1.29 is 28.3 Å². The van der Waals surface area contributed by atoms with Crippen LogP contribution in [0.5, 0.6) is 11.5 Å². The summed E-state index contributed by atoms with van der Waals surface area (Å²) in [4.78, 5) is 26.2. The minimum Gasteiger partial charge on any atom is -0.493 e. The fourth-order valence-corrected chi connectivity index (χ4v) is 3.02. The lowest BCUT2D eigenvalue weighted by Crippen LogP contribution is -2.04. The quantitative estimate of drug-likeness (QED) is 0.341. The third-order valence-electron chi connectivity index (χ3n) is 3.51. The number of nitro groups is 1. The molecule has 2 aromatic heterocycles. The van der Waals surface area contributed by atoms with Crippen LogP contribution < -0.4 is 9.47 Å². The lowest BCUT2D eigenvalue weighted by atomic mass is 10.2. The van der Waals surface area contributed by atoms with E-state index < -0.39 is 16.8 Å². The molecule has 10 heteroatoms. The Morgan fingerprint density at radius 2 is 2.00 bits per heavy atom. The van der Waals surface area contributed by atoms with E-state index in [4.69, 9.17) is 18.6 Å². The average Bonchev–Trinajstić information content (AvgIpc) is 3.35. The number of nitrogens with zero attached hydrogens (tertiary/aromatic N) is 2. The van der Waals surface area contributed by atoms with Crippen molar-refractivity contribution in [3.63, 3.8) is 0 Å². The molecule has 9 nitrogen and oxygen atoms in total. The molecule has 0 aliphatic rings. The van der Waals surface area contributed by atoms with Gasteiger partial charge in [-0.1, -0.05) is 0 Å². The molecule has 3 aromatic rings. The van der Waals surface area contributed by atoms with Gasteiger partial charge in [0.15, 0.2) is 11.5 Å². The van der Waals surface area contributed by atoms with Gasteiger partial charge in [-0.05, 0) is 24.3 Å². The lowest BCUT2D eigenvalue weighted by molar-refractivity contribution is -0.402. The minimum atomic E-state index is -0.802. The monoisotopic (exact) mass is 390 g/mol. The molecule has 0 unspecified atom stereocenters. The zero-order chi connectivity index (χ0) is 19.4. The van der Waals surface area contributed by atoms with E-state index in [0.29, 0.717) is 17.2 Å². The van der Waals surface area contributed by atoms with Crippen molar-refractivity contribution in [2.45, 2.75) is 6.61 Å². The smallest absolute Gasteiger partial charge is 0.433 e. The van der Waals surface area contributed by atoms with Crippen LogP contribution >= 0.6 is 11.3 Å². The van der Waals surface area contributed by atoms with E-state index in [9.17, 15) is 14.9 Å². The molecule has 0 aliphatic carbocycles. The van der Waals surface area contributed by atoms with Crippen molar-refractivity contribution in [3.05, 3.63) is 57.3 Å². The fourth-order valence-electron chi connectivity index (χ4n) is 2.22. The Hall–Kier alpha value is -3.40. The minimum absolute atomic E-state index is 0.0862. The number of thiazole rings is 1. The SMILES string of the molecule is COc1ccc(-c2nc(COC(=O)c3ccc([N+](=O)[O-])o3)cs2)cc1OC. The van der Waals surface area contributed by atoms with Gasteiger partial charge in [0, 0.05) is 10.9 Å². The topological polar surface area (TPSA) is 114 Å². The van der Waals surface area contributed by atoms with Gasteiger partial charge in [0.05, 0.1) is 26.0 Å². The van der Waals surface area contributed by atoms with Crippen molar-refractivity contribution in [2.75, 3.05) is 14.2 Å². The molecule has 3 rings (SSSR count). The number of methoxy groups -OCH3 is 2. The summed E-state index contributed by atoms with van der Waals surface area (Å²) in [5.74, 6) is -0.371. The maximum atomic E-state index is 11.9. The van der Waals surface area contributed by atoms with Gasteiger partial charge in [-0.15, -0.1) is 11.3 Å². The van der Waals surface area contributed by atoms with Crippen molar-refractivity contribution in [2.24, 2.45) is 0 Å². The molecule has 0 spiro atoms. The Kier molecular flexibility index (Phi) is 5.36. The molecule has 0 radical (unpaired) electrons. The molecular weight excluding hydrogens is 376 g/mol. The Labute approximate surface area is 157 Å². The predicted octanol–water partition coefficient (Wildman–Crippen LogP) is 3.69. The first-order valence-electron chi connectivity index (χ1n) is 7.60. The third kappa shape index (κ3) is 4.06. The predicted molar refractivity (Wildman–Crippen MR) is 95.1 cm³/mol. The Balaban J connectivity index is 1.67. The Morgan fingerprint density at radius 3 is 2.67 bits per heavy atom. The molecule has 0 bridgehead atoms. The van der Waals surface area contributed by atoms with Crippen LogP contribution in [0.1, 0.15) is 16.2 Å². The van der Waals surface area contributed by atoms with Crippen LogP contribution in [0.2, 0.25) is 0 Å². The molecule has 0 fully saturated rings. The first kappa shape index (κ1) is 18.4. The number of hydrogen-bond acceptors (Lipinski definition) is 9. The molecular formula is C17H14N2O7S.